The summed E-state index contributed by atoms with van der Waals surface area (Å²) in [6.07, 6.45) is 6.70. The zero-order chi connectivity index (χ0) is 23.6. The summed E-state index contributed by atoms with van der Waals surface area (Å²) in [5.41, 5.74) is 10.6. The molecule has 0 saturated carbocycles. The van der Waals surface area contributed by atoms with Crippen molar-refractivity contribution in [2.24, 2.45) is 0 Å². The van der Waals surface area contributed by atoms with Crippen LogP contribution in [0.4, 0.5) is 11.4 Å². The van der Waals surface area contributed by atoms with Crippen molar-refractivity contribution in [2.75, 3.05) is 4.81 Å². The number of fused-ring (bicyclic) bond motifs is 11. The number of nitrogens with zero attached hydrogens (tertiary/aromatic N) is 7. The summed E-state index contributed by atoms with van der Waals surface area (Å²) >= 11 is 0. The summed E-state index contributed by atoms with van der Waals surface area (Å²) < 4.78 is 0. The predicted octanol–water partition coefficient (Wildman–Crippen LogP) is 3.35. The quantitative estimate of drug-likeness (QED) is 0.237. The van der Waals surface area contributed by atoms with Crippen LogP contribution in [0, 0.1) is 12.1 Å². The van der Waals surface area contributed by atoms with E-state index in [0.717, 1.165) is 33.9 Å². The van der Waals surface area contributed by atoms with Gasteiger partial charge in [0.2, 0.25) is 0 Å². The van der Waals surface area contributed by atoms with E-state index in [1.165, 1.54) is 22.1 Å². The number of anilines is 2. The molecule has 2 aliphatic rings. The first-order valence-electron chi connectivity index (χ1n) is 11.7. The number of hydrogen-bond donors (Lipinski definition) is 0. The Hall–Kier alpha value is -4.31. The van der Waals surface area contributed by atoms with Gasteiger partial charge in [0.15, 0.2) is 0 Å². The largest absolute Gasteiger partial charge is 2.00 e. The molecule has 0 N–H and O–H groups in total. The summed E-state index contributed by atoms with van der Waals surface area (Å²) in [5, 5.41) is 17.4. The second-order valence-corrected chi connectivity index (χ2v) is 8.80. The molecule has 6 aromatic rings. The Balaban J connectivity index is 0.00000231. The smallest absolute Gasteiger partial charge is 0.418 e. The van der Waals surface area contributed by atoms with E-state index in [2.05, 4.69) is 98.0 Å². The molecule has 4 aromatic carbocycles. The van der Waals surface area contributed by atoms with Crippen LogP contribution in [-0.4, -0.2) is 36.8 Å². The molecule has 0 aliphatic carbocycles. The van der Waals surface area contributed by atoms with Gasteiger partial charge in [-0.3, -0.25) is 0 Å². The van der Waals surface area contributed by atoms with Gasteiger partial charge in [-0.25, -0.2) is 0 Å². The maximum Gasteiger partial charge on any atom is 2.00 e. The van der Waals surface area contributed by atoms with Crippen LogP contribution in [-0.2, 0) is 20.4 Å². The molecule has 0 saturated heterocycles. The van der Waals surface area contributed by atoms with E-state index in [9.17, 15) is 0 Å². The topological polar surface area (TPSA) is 64.7 Å². The molecule has 8 rings (SSSR count). The molecular weight excluding hydrogens is 552 g/mol. The third-order valence-corrected chi connectivity index (χ3v) is 6.92. The second kappa shape index (κ2) is 8.38. The van der Waals surface area contributed by atoms with Crippen LogP contribution in [0.3, 0.4) is 0 Å². The van der Waals surface area contributed by atoms with Gasteiger partial charge in [0, 0.05) is 0 Å². The van der Waals surface area contributed by atoms with E-state index in [4.69, 9.17) is 0 Å². The molecule has 0 bridgehead atoms. The van der Waals surface area contributed by atoms with Crippen molar-refractivity contribution in [2.45, 2.75) is 0 Å². The summed E-state index contributed by atoms with van der Waals surface area (Å²) in [5.74, 6) is 0. The minimum Gasteiger partial charge on any atom is -0.418 e. The van der Waals surface area contributed by atoms with Gasteiger partial charge < -0.3 is 4.81 Å². The molecule has 0 unspecified atom stereocenters. The van der Waals surface area contributed by atoms with E-state index in [1.807, 2.05) is 12.1 Å². The minimum absolute atomic E-state index is 0. The van der Waals surface area contributed by atoms with E-state index in [1.54, 1.807) is 34.4 Å². The van der Waals surface area contributed by atoms with Crippen LogP contribution in [0.25, 0.3) is 33.6 Å². The van der Waals surface area contributed by atoms with E-state index in [-0.39, 0.29) is 27.3 Å². The van der Waals surface area contributed by atoms with Crippen LogP contribution in [0.1, 0.15) is 0 Å². The van der Waals surface area contributed by atoms with E-state index in [0.29, 0.717) is 0 Å². The van der Waals surface area contributed by atoms with Gasteiger partial charge in [-0.2, -0.15) is 42.1 Å². The average Bonchev–Trinajstić information content (AvgIpc) is 3.67. The van der Waals surface area contributed by atoms with Gasteiger partial charge in [-0.05, 0) is 11.4 Å². The summed E-state index contributed by atoms with van der Waals surface area (Å²) in [7, 11) is 0. The predicted molar refractivity (Wildman–Crippen MR) is 138 cm³/mol. The summed E-state index contributed by atoms with van der Waals surface area (Å²) in [6.45, 7) is -0.0356. The monoisotopic (exact) mass is 567 g/mol. The van der Waals surface area contributed by atoms with E-state index < -0.39 is 0 Å². The fourth-order valence-electron chi connectivity index (χ4n) is 5.45. The molecule has 2 aromatic heterocycles. The van der Waals surface area contributed by atoms with Gasteiger partial charge in [-0.15, -0.1) is 35.4 Å². The molecule has 176 valence electrons. The minimum atomic E-state index is -0.0356. The van der Waals surface area contributed by atoms with Crippen molar-refractivity contribution in [3.8, 4) is 33.6 Å². The molecule has 37 heavy (non-hydrogen) atoms. The second-order valence-electron chi connectivity index (χ2n) is 8.80. The normalized spacial score (nSPS) is 12.5. The van der Waals surface area contributed by atoms with Crippen molar-refractivity contribution >= 4 is 29.1 Å². The van der Waals surface area contributed by atoms with Crippen molar-refractivity contribution < 1.29 is 20.4 Å². The van der Waals surface area contributed by atoms with E-state index >= 15 is 0 Å². The van der Waals surface area contributed by atoms with Crippen LogP contribution in [0.5, 0.6) is 0 Å². The third-order valence-electron chi connectivity index (χ3n) is 6.92. The number of benzene rings is 4. The van der Waals surface area contributed by atoms with Crippen LogP contribution >= 0.6 is 0 Å². The Morgan fingerprint density at radius 3 is 1.41 bits per heavy atom. The molecule has 2 aliphatic heterocycles. The number of aromatic nitrogens is 6. The van der Waals surface area contributed by atoms with Gasteiger partial charge in [0.1, 0.15) is 0 Å². The van der Waals surface area contributed by atoms with Gasteiger partial charge in [0.25, 0.3) is 0 Å². The Bertz CT molecular complexity index is 1640. The maximum atomic E-state index is 4.34. The summed E-state index contributed by atoms with van der Waals surface area (Å²) in [4.78, 5) is 5.54. The van der Waals surface area contributed by atoms with Crippen molar-refractivity contribution in [1.82, 2.24) is 30.0 Å². The molecule has 0 amide bonds. The Labute approximate surface area is 227 Å². The molecule has 0 spiro atoms. The Morgan fingerprint density at radius 1 is 0.514 bits per heavy atom. The third kappa shape index (κ3) is 3.18. The van der Waals surface area contributed by atoms with Crippen molar-refractivity contribution in [1.29, 1.82) is 0 Å². The molecule has 0 radical (unpaired) electrons. The van der Waals surface area contributed by atoms with Crippen LogP contribution < -0.4 is 15.7 Å². The summed E-state index contributed by atoms with van der Waals surface area (Å²) in [6, 6.07) is 32.8. The number of hydrogen-bond acceptors (Lipinski definition) is 5. The fraction of sp³-hybridized carbons (Fsp3) is 0. The molecule has 0 atom stereocenters. The average molecular weight is 568 g/mol. The Morgan fingerprint density at radius 2 is 0.946 bits per heavy atom. The Kier molecular flexibility index (Phi) is 4.96. The van der Waals surface area contributed by atoms with Crippen molar-refractivity contribution in [3.05, 3.63) is 110 Å². The molecule has 0 fully saturated rings. The fourth-order valence-corrected chi connectivity index (χ4v) is 5.45. The molecule has 7 nitrogen and oxygen atoms in total. The van der Waals surface area contributed by atoms with Gasteiger partial charge in [0.05, 0.1) is 24.8 Å². The molecule has 9 heteroatoms. The zero-order valence-electron chi connectivity index (χ0n) is 19.3. The zero-order valence-corrected chi connectivity index (χ0v) is 20.8. The maximum absolute atomic E-state index is 4.34. The SMILES string of the molecule is [Pd+2].[c-]1c(-n2nccn2)ccc2c1N1B(c3ccccc3-2)c2ccccc2-c2ccc(-n3nccn3)[c-]c21. The first-order valence-corrected chi connectivity index (χ1v) is 11.7. The first kappa shape index (κ1) is 21.9. The van der Waals surface area contributed by atoms with Gasteiger partial charge in [-0.1, -0.05) is 82.0 Å². The standard InChI is InChI=1S/C28H16BN7.Pd/c1-3-7-25-21(5-1)23-11-9-19(35-30-13-14-31-35)17-27(23)34-28-18-20(36-32-15-16-33-36)10-12-24(28)22-6-2-4-8-26(22)29(25)34;/h1-16H;/q-2;+2. The molecule has 4 heterocycles. The van der Waals surface area contributed by atoms with Crippen LogP contribution in [0.2, 0.25) is 0 Å². The molecular formula is C28H16BN7Pd. The van der Waals surface area contributed by atoms with Crippen molar-refractivity contribution in [3.63, 3.8) is 0 Å². The first-order chi connectivity index (χ1) is 17.9. The van der Waals surface area contributed by atoms with Gasteiger partial charge >= 0.3 is 27.3 Å². The van der Waals surface area contributed by atoms with Crippen LogP contribution in [0.15, 0.2) is 97.6 Å². The number of rotatable bonds is 2.